The molecule has 0 radical (unpaired) electrons. The number of carboxylic acid groups (broad SMARTS) is 1. The van der Waals surface area contributed by atoms with E-state index in [0.29, 0.717) is 44.4 Å². The second-order valence-electron chi connectivity index (χ2n) is 9.59. The maximum atomic E-state index is 13.7. The molecule has 10 heteroatoms. The zero-order valence-corrected chi connectivity index (χ0v) is 23.3. The highest BCUT2D eigenvalue weighted by Gasteiger charge is 2.37. The molecule has 0 saturated carbocycles. The molecule has 210 valence electrons. The van der Waals surface area contributed by atoms with E-state index in [9.17, 15) is 14.4 Å². The number of hydrazone groups is 1. The number of aromatic nitrogens is 1. The molecule has 2 N–H and O–H groups in total. The van der Waals surface area contributed by atoms with Crippen molar-refractivity contribution in [3.8, 4) is 22.6 Å². The van der Waals surface area contributed by atoms with Crippen LogP contribution >= 0.6 is 11.6 Å². The topological polar surface area (TPSA) is 121 Å². The summed E-state index contributed by atoms with van der Waals surface area (Å²) in [4.78, 5) is 41.2. The molecule has 0 aliphatic carbocycles. The van der Waals surface area contributed by atoms with Gasteiger partial charge in [0.05, 0.1) is 31.5 Å². The monoisotopic (exact) mass is 573 g/mol. The van der Waals surface area contributed by atoms with E-state index in [1.54, 1.807) is 24.3 Å². The fourth-order valence-electron chi connectivity index (χ4n) is 5.25. The van der Waals surface area contributed by atoms with Gasteiger partial charge in [-0.05, 0) is 36.2 Å². The molecule has 0 bridgehead atoms. The molecular weight excluding hydrogens is 546 g/mol. The number of hydrogen-bond donors (Lipinski definition) is 2. The van der Waals surface area contributed by atoms with E-state index in [0.717, 1.165) is 10.9 Å². The summed E-state index contributed by atoms with van der Waals surface area (Å²) >= 11 is 6.18. The summed E-state index contributed by atoms with van der Waals surface area (Å²) in [5.74, 6) is -0.404. The minimum Gasteiger partial charge on any atom is -0.493 e. The highest BCUT2D eigenvalue weighted by Crippen LogP contribution is 2.43. The normalized spacial score (nSPS) is 14.7. The third kappa shape index (κ3) is 5.53. The Kier molecular flexibility index (Phi) is 8.07. The van der Waals surface area contributed by atoms with Gasteiger partial charge >= 0.3 is 5.97 Å². The number of rotatable bonds is 9. The molecule has 1 aromatic heterocycles. The number of benzene rings is 3. The van der Waals surface area contributed by atoms with Crippen molar-refractivity contribution >= 4 is 40.1 Å². The first kappa shape index (κ1) is 27.9. The van der Waals surface area contributed by atoms with Gasteiger partial charge in [0.25, 0.3) is 5.56 Å². The van der Waals surface area contributed by atoms with Crippen LogP contribution < -0.4 is 15.0 Å². The van der Waals surface area contributed by atoms with Gasteiger partial charge in [-0.3, -0.25) is 14.4 Å². The summed E-state index contributed by atoms with van der Waals surface area (Å²) in [7, 11) is 3.05. The van der Waals surface area contributed by atoms with Crippen LogP contribution in [0.2, 0.25) is 5.02 Å². The van der Waals surface area contributed by atoms with Gasteiger partial charge in [0, 0.05) is 46.3 Å². The van der Waals surface area contributed by atoms with Gasteiger partial charge < -0.3 is 19.6 Å². The summed E-state index contributed by atoms with van der Waals surface area (Å²) in [5.41, 5.74) is 3.19. The van der Waals surface area contributed by atoms with E-state index in [-0.39, 0.29) is 37.1 Å². The Morgan fingerprint density at radius 2 is 1.76 bits per heavy atom. The molecule has 5 rings (SSSR count). The van der Waals surface area contributed by atoms with Crippen molar-refractivity contribution in [2.75, 3.05) is 14.2 Å². The van der Waals surface area contributed by atoms with Crippen LogP contribution in [0.3, 0.4) is 0 Å². The Hall–Kier alpha value is -4.63. The van der Waals surface area contributed by atoms with Gasteiger partial charge in [-0.2, -0.15) is 5.10 Å². The number of carboxylic acids is 1. The summed E-state index contributed by atoms with van der Waals surface area (Å²) in [6.07, 6.45) is 0.207. The second kappa shape index (κ2) is 11.9. The number of fused-ring (bicyclic) bond motifs is 1. The molecular formula is C31H28ClN3O6. The number of carbonyl (C=O) groups excluding carboxylic acids is 1. The van der Waals surface area contributed by atoms with Gasteiger partial charge in [0.2, 0.25) is 5.91 Å². The van der Waals surface area contributed by atoms with Crippen LogP contribution in [0, 0.1) is 0 Å². The molecule has 1 amide bonds. The van der Waals surface area contributed by atoms with E-state index in [2.05, 4.69) is 4.98 Å². The molecule has 3 aromatic carbocycles. The summed E-state index contributed by atoms with van der Waals surface area (Å²) in [6.45, 7) is 0. The standard InChI is InChI=1S/C31H28ClN3O6/c1-40-25-10-5-8-21(30(25)41-2)24-17-23(34-35(24)26(36)11-6-12-27(37)38)29-28(18-13-15-19(32)16-14-18)20-7-3-4-9-22(20)33-31(29)39/h3-5,7-10,13-16,24H,6,11-12,17H2,1-2H3,(H,33,39)(H,37,38). The Bertz CT molecular complexity index is 1710. The maximum Gasteiger partial charge on any atom is 0.303 e. The number of aliphatic carboxylic acids is 1. The molecule has 1 aliphatic heterocycles. The van der Waals surface area contributed by atoms with Crippen LogP contribution in [0.15, 0.2) is 76.6 Å². The van der Waals surface area contributed by atoms with E-state index < -0.39 is 12.0 Å². The van der Waals surface area contributed by atoms with Gasteiger partial charge in [0.1, 0.15) is 0 Å². The quantitative estimate of drug-likeness (QED) is 0.261. The molecule has 2 heterocycles. The number of hydrogen-bond acceptors (Lipinski definition) is 6. The van der Waals surface area contributed by atoms with Crippen LogP contribution in [-0.2, 0) is 9.59 Å². The summed E-state index contributed by atoms with van der Waals surface area (Å²) in [5, 5.41) is 16.5. The van der Waals surface area contributed by atoms with Crippen LogP contribution in [0.1, 0.15) is 42.9 Å². The van der Waals surface area contributed by atoms with Crippen LogP contribution in [0.4, 0.5) is 0 Å². The third-order valence-electron chi connectivity index (χ3n) is 7.08. The lowest BCUT2D eigenvalue weighted by molar-refractivity contribution is -0.137. The Morgan fingerprint density at radius 1 is 1.00 bits per heavy atom. The van der Waals surface area contributed by atoms with Crippen molar-refractivity contribution in [3.63, 3.8) is 0 Å². The lowest BCUT2D eigenvalue weighted by atomic mass is 9.90. The van der Waals surface area contributed by atoms with Crippen LogP contribution in [0.25, 0.3) is 22.0 Å². The van der Waals surface area contributed by atoms with Crippen LogP contribution in [0.5, 0.6) is 11.5 Å². The van der Waals surface area contributed by atoms with Crippen molar-refractivity contribution in [3.05, 3.63) is 93.2 Å². The number of nitrogens with one attached hydrogen (secondary N) is 1. The number of ether oxygens (including phenoxy) is 2. The Morgan fingerprint density at radius 3 is 2.46 bits per heavy atom. The highest BCUT2D eigenvalue weighted by molar-refractivity contribution is 6.30. The number of carbonyl (C=O) groups is 2. The van der Waals surface area contributed by atoms with Crippen LogP contribution in [-0.4, -0.2) is 46.9 Å². The molecule has 1 atom stereocenters. The second-order valence-corrected chi connectivity index (χ2v) is 10.0. The van der Waals surface area contributed by atoms with Crippen molar-refractivity contribution < 1.29 is 24.2 Å². The highest BCUT2D eigenvalue weighted by atomic mass is 35.5. The van der Waals surface area contributed by atoms with Crippen molar-refractivity contribution in [2.45, 2.75) is 31.7 Å². The van der Waals surface area contributed by atoms with E-state index in [1.807, 2.05) is 42.5 Å². The SMILES string of the molecule is COc1cccc(C2CC(c3c(-c4ccc(Cl)cc4)c4ccccc4[nH]c3=O)=NN2C(=O)CCCC(=O)O)c1OC. The van der Waals surface area contributed by atoms with Gasteiger partial charge in [-0.15, -0.1) is 0 Å². The number of nitrogens with zero attached hydrogens (tertiary/aromatic N) is 2. The average molecular weight is 574 g/mol. The lowest BCUT2D eigenvalue weighted by Crippen LogP contribution is -2.27. The average Bonchev–Trinajstić information content (AvgIpc) is 3.41. The molecule has 0 spiro atoms. The Labute approximate surface area is 241 Å². The summed E-state index contributed by atoms with van der Waals surface area (Å²) < 4.78 is 11.2. The molecule has 9 nitrogen and oxygen atoms in total. The molecule has 0 saturated heterocycles. The van der Waals surface area contributed by atoms with Gasteiger partial charge in [0.15, 0.2) is 11.5 Å². The molecule has 4 aromatic rings. The Balaban J connectivity index is 1.68. The minimum atomic E-state index is -0.982. The molecule has 1 unspecified atom stereocenters. The number of aromatic amines is 1. The van der Waals surface area contributed by atoms with E-state index in [1.165, 1.54) is 19.2 Å². The van der Waals surface area contributed by atoms with E-state index in [4.69, 9.17) is 31.3 Å². The zero-order chi connectivity index (χ0) is 29.1. The molecule has 1 aliphatic rings. The smallest absolute Gasteiger partial charge is 0.303 e. The first-order chi connectivity index (χ1) is 19.8. The number of methoxy groups -OCH3 is 2. The number of H-pyrrole nitrogens is 1. The zero-order valence-electron chi connectivity index (χ0n) is 22.5. The number of amides is 1. The first-order valence-corrected chi connectivity index (χ1v) is 13.4. The first-order valence-electron chi connectivity index (χ1n) is 13.1. The van der Waals surface area contributed by atoms with Gasteiger partial charge in [-0.25, -0.2) is 5.01 Å². The predicted molar refractivity (Wildman–Crippen MR) is 157 cm³/mol. The lowest BCUT2D eigenvalue weighted by Gasteiger charge is -2.24. The fourth-order valence-corrected chi connectivity index (χ4v) is 5.37. The summed E-state index contributed by atoms with van der Waals surface area (Å²) in [6, 6.07) is 19.5. The molecule has 41 heavy (non-hydrogen) atoms. The van der Waals surface area contributed by atoms with Gasteiger partial charge in [-0.1, -0.05) is 54.1 Å². The fraction of sp³-hybridized carbons (Fsp3) is 0.226. The predicted octanol–water partition coefficient (Wildman–Crippen LogP) is 5.80. The van der Waals surface area contributed by atoms with E-state index >= 15 is 0 Å². The number of pyridine rings is 1. The number of halogens is 1. The minimum absolute atomic E-state index is 0.0238. The van der Waals surface area contributed by atoms with Crippen molar-refractivity contribution in [1.82, 2.24) is 9.99 Å². The third-order valence-corrected chi connectivity index (χ3v) is 7.33. The molecule has 0 fully saturated rings. The maximum absolute atomic E-state index is 13.7. The number of para-hydroxylation sites is 2. The largest absolute Gasteiger partial charge is 0.493 e. The van der Waals surface area contributed by atoms with Crippen molar-refractivity contribution in [2.24, 2.45) is 5.10 Å². The van der Waals surface area contributed by atoms with Crippen molar-refractivity contribution in [1.29, 1.82) is 0 Å².